The van der Waals surface area contributed by atoms with E-state index < -0.39 is 5.91 Å². The van der Waals surface area contributed by atoms with Crippen molar-refractivity contribution in [2.75, 3.05) is 0 Å². The lowest BCUT2D eigenvalue weighted by molar-refractivity contribution is 0.0706. The first kappa shape index (κ1) is 14.1. The van der Waals surface area contributed by atoms with Crippen molar-refractivity contribution in [1.29, 1.82) is 0 Å². The number of hydroxylamine groups is 1. The van der Waals surface area contributed by atoms with E-state index in [1.807, 2.05) is 24.3 Å². The fourth-order valence-corrected chi connectivity index (χ4v) is 3.11. The first-order valence-corrected chi connectivity index (χ1v) is 7.37. The Morgan fingerprint density at radius 3 is 2.62 bits per heavy atom. The van der Waals surface area contributed by atoms with E-state index in [0.29, 0.717) is 11.5 Å². The molecule has 2 aromatic rings. The molecule has 0 heterocycles. The summed E-state index contributed by atoms with van der Waals surface area (Å²) in [5, 5.41) is 9.45. The Bertz CT molecular complexity index is 667. The second kappa shape index (κ2) is 5.88. The summed E-state index contributed by atoms with van der Waals surface area (Å²) in [7, 11) is 0. The van der Waals surface area contributed by atoms with Gasteiger partial charge in [-0.15, -0.1) is 0 Å². The third-order valence-electron chi connectivity index (χ3n) is 4.14. The van der Waals surface area contributed by atoms with Crippen LogP contribution in [0.5, 0.6) is 0 Å². The lowest BCUT2D eigenvalue weighted by Crippen LogP contribution is -2.20. The summed E-state index contributed by atoms with van der Waals surface area (Å²) >= 11 is 5.93. The van der Waals surface area contributed by atoms with Gasteiger partial charge in [0.1, 0.15) is 0 Å². The molecule has 1 aliphatic carbocycles. The second-order valence-electron chi connectivity index (χ2n) is 5.42. The molecule has 0 saturated carbocycles. The summed E-state index contributed by atoms with van der Waals surface area (Å²) < 4.78 is 0. The zero-order chi connectivity index (χ0) is 14.8. The van der Waals surface area contributed by atoms with Crippen LogP contribution >= 0.6 is 11.6 Å². The Morgan fingerprint density at radius 1 is 1.14 bits per heavy atom. The predicted molar refractivity (Wildman–Crippen MR) is 81.9 cm³/mol. The Labute approximate surface area is 128 Å². The standard InChI is InChI=1S/C17H16ClNO2/c18-16-7-5-11(6-8-16)12-1-2-14-10-15(17(20)19-21)4-3-13(14)9-12/h3-8,10,12,21H,1-2,9H2,(H,19,20). The van der Waals surface area contributed by atoms with E-state index in [0.717, 1.165) is 24.3 Å². The maximum absolute atomic E-state index is 11.4. The third-order valence-corrected chi connectivity index (χ3v) is 4.39. The van der Waals surface area contributed by atoms with Crippen LogP contribution in [-0.2, 0) is 12.8 Å². The number of carbonyl (C=O) groups is 1. The molecule has 0 spiro atoms. The first-order valence-electron chi connectivity index (χ1n) is 6.99. The number of nitrogens with one attached hydrogen (secondary N) is 1. The quantitative estimate of drug-likeness (QED) is 0.656. The largest absolute Gasteiger partial charge is 0.288 e. The summed E-state index contributed by atoms with van der Waals surface area (Å²) in [4.78, 5) is 11.4. The molecule has 1 unspecified atom stereocenters. The van der Waals surface area contributed by atoms with Crippen molar-refractivity contribution in [3.63, 3.8) is 0 Å². The van der Waals surface area contributed by atoms with Gasteiger partial charge in [-0.1, -0.05) is 29.8 Å². The van der Waals surface area contributed by atoms with E-state index in [1.165, 1.54) is 16.7 Å². The molecule has 0 fully saturated rings. The van der Waals surface area contributed by atoms with Crippen LogP contribution in [0.2, 0.25) is 5.02 Å². The average Bonchev–Trinajstić information content (AvgIpc) is 2.54. The maximum atomic E-state index is 11.4. The number of amides is 1. The molecular weight excluding hydrogens is 286 g/mol. The average molecular weight is 302 g/mol. The number of fused-ring (bicyclic) bond motifs is 1. The molecule has 4 heteroatoms. The number of hydrogen-bond acceptors (Lipinski definition) is 2. The van der Waals surface area contributed by atoms with Gasteiger partial charge in [0.25, 0.3) is 5.91 Å². The Kier molecular flexibility index (Phi) is 3.95. The molecule has 108 valence electrons. The second-order valence-corrected chi connectivity index (χ2v) is 5.85. The van der Waals surface area contributed by atoms with Crippen LogP contribution in [0.4, 0.5) is 0 Å². The zero-order valence-corrected chi connectivity index (χ0v) is 12.2. The van der Waals surface area contributed by atoms with Crippen molar-refractivity contribution in [2.24, 2.45) is 0 Å². The van der Waals surface area contributed by atoms with Gasteiger partial charge in [0, 0.05) is 10.6 Å². The Morgan fingerprint density at radius 2 is 1.90 bits per heavy atom. The van der Waals surface area contributed by atoms with E-state index in [4.69, 9.17) is 16.8 Å². The number of halogens is 1. The maximum Gasteiger partial charge on any atom is 0.274 e. The number of rotatable bonds is 2. The minimum absolute atomic E-state index is 0.461. The lowest BCUT2D eigenvalue weighted by atomic mass is 9.80. The summed E-state index contributed by atoms with van der Waals surface area (Å²) in [6, 6.07) is 13.7. The highest BCUT2D eigenvalue weighted by molar-refractivity contribution is 6.30. The van der Waals surface area contributed by atoms with Crippen LogP contribution < -0.4 is 5.48 Å². The van der Waals surface area contributed by atoms with Gasteiger partial charge in [-0.25, -0.2) is 5.48 Å². The molecule has 1 aliphatic rings. The number of benzene rings is 2. The molecule has 0 aromatic heterocycles. The highest BCUT2D eigenvalue weighted by atomic mass is 35.5. The van der Waals surface area contributed by atoms with E-state index in [1.54, 1.807) is 11.5 Å². The highest BCUT2D eigenvalue weighted by Crippen LogP contribution is 2.33. The monoisotopic (exact) mass is 301 g/mol. The molecule has 0 aliphatic heterocycles. The van der Waals surface area contributed by atoms with Gasteiger partial charge in [-0.3, -0.25) is 10.0 Å². The van der Waals surface area contributed by atoms with E-state index >= 15 is 0 Å². The van der Waals surface area contributed by atoms with E-state index in [2.05, 4.69) is 12.1 Å². The van der Waals surface area contributed by atoms with Crippen molar-refractivity contribution >= 4 is 17.5 Å². The molecule has 0 radical (unpaired) electrons. The third kappa shape index (κ3) is 2.94. The smallest absolute Gasteiger partial charge is 0.274 e. The van der Waals surface area contributed by atoms with Gasteiger partial charge < -0.3 is 0 Å². The van der Waals surface area contributed by atoms with Crippen LogP contribution in [-0.4, -0.2) is 11.1 Å². The summed E-state index contributed by atoms with van der Waals surface area (Å²) in [6.45, 7) is 0. The van der Waals surface area contributed by atoms with E-state index in [9.17, 15) is 4.79 Å². The molecule has 0 bridgehead atoms. The minimum atomic E-state index is -0.461. The topological polar surface area (TPSA) is 49.3 Å². The SMILES string of the molecule is O=C(NO)c1ccc2c(c1)CCC(c1ccc(Cl)cc1)C2. The number of aryl methyl sites for hydroxylation is 1. The van der Waals surface area contributed by atoms with Crippen LogP contribution in [0, 0.1) is 0 Å². The fourth-order valence-electron chi connectivity index (χ4n) is 2.98. The van der Waals surface area contributed by atoms with Crippen LogP contribution in [0.25, 0.3) is 0 Å². The molecule has 21 heavy (non-hydrogen) atoms. The van der Waals surface area contributed by atoms with Crippen molar-refractivity contribution in [3.05, 3.63) is 69.7 Å². The van der Waals surface area contributed by atoms with Crippen molar-refractivity contribution in [2.45, 2.75) is 25.2 Å². The van der Waals surface area contributed by atoms with Gasteiger partial charge in [0.2, 0.25) is 0 Å². The summed E-state index contributed by atoms with van der Waals surface area (Å²) in [5.74, 6) is 0.0323. The molecule has 3 nitrogen and oxygen atoms in total. The molecule has 1 amide bonds. The van der Waals surface area contributed by atoms with Crippen LogP contribution in [0.1, 0.15) is 39.4 Å². The van der Waals surface area contributed by atoms with Crippen molar-refractivity contribution in [3.8, 4) is 0 Å². The molecule has 3 rings (SSSR count). The molecule has 2 aromatic carbocycles. The first-order chi connectivity index (χ1) is 10.2. The van der Waals surface area contributed by atoms with Crippen LogP contribution in [0.3, 0.4) is 0 Å². The number of carbonyl (C=O) groups excluding carboxylic acids is 1. The van der Waals surface area contributed by atoms with Gasteiger partial charge in [-0.05, 0) is 66.1 Å². The number of hydrogen-bond donors (Lipinski definition) is 2. The minimum Gasteiger partial charge on any atom is -0.288 e. The molecule has 0 saturated heterocycles. The summed E-state index contributed by atoms with van der Waals surface area (Å²) in [5.41, 5.74) is 5.95. The fraction of sp³-hybridized carbons (Fsp3) is 0.235. The predicted octanol–water partition coefficient (Wildman–Crippen LogP) is 3.73. The van der Waals surface area contributed by atoms with Gasteiger partial charge in [-0.2, -0.15) is 0 Å². The van der Waals surface area contributed by atoms with E-state index in [-0.39, 0.29) is 0 Å². The molecular formula is C17H16ClNO2. The van der Waals surface area contributed by atoms with Crippen molar-refractivity contribution < 1.29 is 10.0 Å². The van der Waals surface area contributed by atoms with Gasteiger partial charge in [0.15, 0.2) is 0 Å². The Hall–Kier alpha value is -1.84. The Balaban J connectivity index is 1.83. The zero-order valence-electron chi connectivity index (χ0n) is 11.5. The normalized spacial score (nSPS) is 17.1. The van der Waals surface area contributed by atoms with Gasteiger partial charge in [0.05, 0.1) is 0 Å². The highest BCUT2D eigenvalue weighted by Gasteiger charge is 2.21. The van der Waals surface area contributed by atoms with Crippen molar-refractivity contribution in [1.82, 2.24) is 5.48 Å². The molecule has 2 N–H and O–H groups in total. The summed E-state index contributed by atoms with van der Waals surface area (Å²) in [6.07, 6.45) is 2.96. The molecule has 1 atom stereocenters. The lowest BCUT2D eigenvalue weighted by Gasteiger charge is -2.25. The van der Waals surface area contributed by atoms with Crippen LogP contribution in [0.15, 0.2) is 42.5 Å². The van der Waals surface area contributed by atoms with Gasteiger partial charge >= 0.3 is 0 Å².